The van der Waals surface area contributed by atoms with Crippen molar-refractivity contribution in [2.75, 3.05) is 0 Å². The topological polar surface area (TPSA) is 37.6 Å². The molecule has 2 aliphatic rings. The van der Waals surface area contributed by atoms with Crippen molar-refractivity contribution in [3.8, 4) is 17.1 Å². The highest BCUT2D eigenvalue weighted by atomic mass is 35.5. The minimum Gasteiger partial charge on any atom is -0.466 e. The first-order chi connectivity index (χ1) is 14.8. The van der Waals surface area contributed by atoms with Crippen molar-refractivity contribution in [1.82, 2.24) is 10.4 Å². The zero-order chi connectivity index (χ0) is 20.1. The number of hydrogen-bond donors (Lipinski definition) is 1. The molecule has 0 radical (unpaired) electrons. The lowest BCUT2D eigenvalue weighted by Gasteiger charge is -2.37. The molecule has 2 atom stereocenters. The maximum absolute atomic E-state index is 6.38. The second kappa shape index (κ2) is 7.06. The molecule has 0 saturated carbocycles. The molecule has 0 fully saturated rings. The minimum absolute atomic E-state index is 0.0471. The number of ether oxygens (including phenoxy) is 1. The van der Waals surface area contributed by atoms with E-state index in [1.54, 1.807) is 11.3 Å². The van der Waals surface area contributed by atoms with Crippen LogP contribution in [0, 0.1) is 0 Å². The molecule has 2 aromatic carbocycles. The highest BCUT2D eigenvalue weighted by molar-refractivity contribution is 7.11. The summed E-state index contributed by atoms with van der Waals surface area (Å²) in [7, 11) is 0. The van der Waals surface area contributed by atoms with E-state index < -0.39 is 6.23 Å². The Balaban J connectivity index is 1.40. The molecule has 4 aromatic rings. The van der Waals surface area contributed by atoms with Crippen LogP contribution in [0.4, 0.5) is 0 Å². The third-order valence-electron chi connectivity index (χ3n) is 5.40. The van der Waals surface area contributed by atoms with Crippen molar-refractivity contribution in [3.05, 3.63) is 105 Å². The van der Waals surface area contributed by atoms with Crippen LogP contribution in [0.15, 0.2) is 88.7 Å². The van der Waals surface area contributed by atoms with Gasteiger partial charge in [0.05, 0.1) is 21.6 Å². The molecule has 0 aliphatic carbocycles. The van der Waals surface area contributed by atoms with Crippen LogP contribution < -0.4 is 10.2 Å². The van der Waals surface area contributed by atoms with Gasteiger partial charge in [0.15, 0.2) is 5.76 Å². The highest BCUT2D eigenvalue weighted by Gasteiger charge is 2.41. The largest absolute Gasteiger partial charge is 0.466 e. The van der Waals surface area contributed by atoms with Crippen LogP contribution in [0.3, 0.4) is 0 Å². The molecule has 2 aromatic heterocycles. The van der Waals surface area contributed by atoms with E-state index in [9.17, 15) is 0 Å². The summed E-state index contributed by atoms with van der Waals surface area (Å²) in [6.45, 7) is 0. The van der Waals surface area contributed by atoms with Gasteiger partial charge in [-0.2, -0.15) is 5.01 Å². The fourth-order valence-electron chi connectivity index (χ4n) is 3.99. The second-order valence-corrected chi connectivity index (χ2v) is 8.57. The minimum atomic E-state index is -0.408. The van der Waals surface area contributed by atoms with E-state index in [1.165, 1.54) is 4.88 Å². The number of para-hydroxylation sites is 1. The lowest BCUT2D eigenvalue weighted by atomic mass is 10.0. The number of thiophene rings is 1. The maximum atomic E-state index is 6.38. The fourth-order valence-corrected chi connectivity index (χ4v) is 4.92. The maximum Gasteiger partial charge on any atom is 0.228 e. The lowest BCUT2D eigenvalue weighted by Crippen LogP contribution is -2.42. The highest BCUT2D eigenvalue weighted by Crippen LogP contribution is 2.47. The summed E-state index contributed by atoms with van der Waals surface area (Å²) < 4.78 is 12.6. The van der Waals surface area contributed by atoms with Gasteiger partial charge in [0.25, 0.3) is 0 Å². The molecule has 0 spiro atoms. The number of hydrogen-bond acceptors (Lipinski definition) is 5. The lowest BCUT2D eigenvalue weighted by molar-refractivity contribution is -0.0451. The standard InChI is InChI=1S/C24H17ClN2O2S/c25-17-8-3-1-6-15(17)21-11-12-22(28-21)24-27-19(16-7-2-4-9-20(16)29-24)14-18(26-27)23-10-5-13-30-23/h1-14,19,24,26H. The number of halogens is 1. The predicted molar refractivity (Wildman–Crippen MR) is 119 cm³/mol. The summed E-state index contributed by atoms with van der Waals surface area (Å²) in [4.78, 5) is 1.19. The van der Waals surface area contributed by atoms with Crippen LogP contribution in [0.25, 0.3) is 17.0 Å². The SMILES string of the molecule is Clc1ccccc1-c1ccc(C2Oc3ccccc3C3C=C(c4cccs4)NN32)o1. The predicted octanol–water partition coefficient (Wildman–Crippen LogP) is 6.66. The van der Waals surface area contributed by atoms with E-state index in [1.807, 2.05) is 54.6 Å². The van der Waals surface area contributed by atoms with Crippen LogP contribution >= 0.6 is 22.9 Å². The van der Waals surface area contributed by atoms with Crippen molar-refractivity contribution in [2.24, 2.45) is 0 Å². The van der Waals surface area contributed by atoms with Crippen molar-refractivity contribution in [3.63, 3.8) is 0 Å². The van der Waals surface area contributed by atoms with Gasteiger partial charge in [-0.3, -0.25) is 0 Å². The van der Waals surface area contributed by atoms with Gasteiger partial charge in [0, 0.05) is 11.1 Å². The van der Waals surface area contributed by atoms with Gasteiger partial charge in [-0.05, 0) is 47.9 Å². The summed E-state index contributed by atoms with van der Waals surface area (Å²) in [5, 5.41) is 4.85. The van der Waals surface area contributed by atoms with Crippen LogP contribution in [0.1, 0.15) is 28.5 Å². The first kappa shape index (κ1) is 17.8. The van der Waals surface area contributed by atoms with Gasteiger partial charge in [-0.25, -0.2) is 0 Å². The van der Waals surface area contributed by atoms with Gasteiger partial charge in [-0.15, -0.1) is 11.3 Å². The molecule has 0 saturated heterocycles. The van der Waals surface area contributed by atoms with Gasteiger partial charge >= 0.3 is 0 Å². The second-order valence-electron chi connectivity index (χ2n) is 7.21. The molecule has 30 heavy (non-hydrogen) atoms. The Morgan fingerprint density at radius 1 is 0.933 bits per heavy atom. The number of nitrogens with zero attached hydrogens (tertiary/aromatic N) is 1. The zero-order valence-corrected chi connectivity index (χ0v) is 17.4. The average molecular weight is 433 g/mol. The number of furan rings is 1. The van der Waals surface area contributed by atoms with Crippen LogP contribution in [0.2, 0.25) is 5.02 Å². The van der Waals surface area contributed by atoms with E-state index in [-0.39, 0.29) is 6.04 Å². The number of nitrogens with one attached hydrogen (secondary N) is 1. The Kier molecular flexibility index (Phi) is 4.20. The first-order valence-electron chi connectivity index (χ1n) is 9.69. The van der Waals surface area contributed by atoms with E-state index in [4.69, 9.17) is 20.8 Å². The summed E-state index contributed by atoms with van der Waals surface area (Å²) in [6, 6.07) is 24.0. The normalized spacial score (nSPS) is 20.1. The van der Waals surface area contributed by atoms with Crippen molar-refractivity contribution in [1.29, 1.82) is 0 Å². The van der Waals surface area contributed by atoms with Crippen molar-refractivity contribution in [2.45, 2.75) is 12.3 Å². The molecule has 0 amide bonds. The summed E-state index contributed by atoms with van der Waals surface area (Å²) in [5.74, 6) is 2.31. The van der Waals surface area contributed by atoms with Crippen LogP contribution in [0.5, 0.6) is 5.75 Å². The molecule has 0 bridgehead atoms. The summed E-state index contributed by atoms with van der Waals surface area (Å²) >= 11 is 8.08. The van der Waals surface area contributed by atoms with Gasteiger partial charge in [0.2, 0.25) is 6.23 Å². The number of rotatable bonds is 3. The number of hydrazine groups is 1. The molecular weight excluding hydrogens is 416 g/mol. The van der Waals surface area contributed by atoms with E-state index >= 15 is 0 Å². The summed E-state index contributed by atoms with van der Waals surface area (Å²) in [5.41, 5.74) is 6.62. The zero-order valence-electron chi connectivity index (χ0n) is 15.8. The van der Waals surface area contributed by atoms with Gasteiger partial charge in [-0.1, -0.05) is 48.0 Å². The molecule has 4 heterocycles. The molecule has 148 valence electrons. The Morgan fingerprint density at radius 2 is 1.80 bits per heavy atom. The van der Waals surface area contributed by atoms with Crippen molar-refractivity contribution < 1.29 is 9.15 Å². The summed E-state index contributed by atoms with van der Waals surface area (Å²) in [6.07, 6.45) is 1.84. The molecular formula is C24H17ClN2O2S. The average Bonchev–Trinajstić information content (AvgIpc) is 3.53. The number of benzene rings is 2. The van der Waals surface area contributed by atoms with Gasteiger partial charge in [0.1, 0.15) is 11.5 Å². The molecule has 6 rings (SSSR count). The monoisotopic (exact) mass is 432 g/mol. The Bertz CT molecular complexity index is 1250. The third kappa shape index (κ3) is 2.86. The Hall–Kier alpha value is -2.99. The van der Waals surface area contributed by atoms with Gasteiger partial charge < -0.3 is 14.6 Å². The molecule has 1 N–H and O–H groups in total. The Labute approximate surface area is 182 Å². The fraction of sp³-hybridized carbons (Fsp3) is 0.0833. The smallest absolute Gasteiger partial charge is 0.228 e. The van der Waals surface area contributed by atoms with E-state index in [0.29, 0.717) is 5.02 Å². The van der Waals surface area contributed by atoms with Crippen molar-refractivity contribution >= 4 is 28.6 Å². The van der Waals surface area contributed by atoms with Crippen LogP contribution in [-0.2, 0) is 0 Å². The van der Waals surface area contributed by atoms with E-state index in [0.717, 1.165) is 34.1 Å². The molecule has 2 unspecified atom stereocenters. The third-order valence-corrected chi connectivity index (χ3v) is 6.63. The number of fused-ring (bicyclic) bond motifs is 3. The molecule has 4 nitrogen and oxygen atoms in total. The Morgan fingerprint density at radius 3 is 2.67 bits per heavy atom. The first-order valence-corrected chi connectivity index (χ1v) is 10.9. The molecule has 2 aliphatic heterocycles. The molecule has 6 heteroatoms. The van der Waals surface area contributed by atoms with Crippen LogP contribution in [-0.4, -0.2) is 5.01 Å². The quantitative estimate of drug-likeness (QED) is 0.393. The van der Waals surface area contributed by atoms with E-state index in [2.05, 4.69) is 40.1 Å².